The molecule has 2 heterocycles. The van der Waals surface area contributed by atoms with E-state index in [1.54, 1.807) is 14.2 Å². The van der Waals surface area contributed by atoms with E-state index in [-0.39, 0.29) is 11.8 Å². The predicted molar refractivity (Wildman–Crippen MR) is 128 cm³/mol. The maximum atomic E-state index is 13.5. The quantitative estimate of drug-likeness (QED) is 0.456. The Morgan fingerprint density at radius 3 is 2.30 bits per heavy atom. The van der Waals surface area contributed by atoms with Crippen LogP contribution in [0.2, 0.25) is 0 Å². The summed E-state index contributed by atoms with van der Waals surface area (Å²) >= 11 is 0. The van der Waals surface area contributed by atoms with Crippen LogP contribution in [0.5, 0.6) is 5.75 Å². The molecule has 7 nitrogen and oxygen atoms in total. The van der Waals surface area contributed by atoms with Crippen LogP contribution >= 0.6 is 0 Å². The van der Waals surface area contributed by atoms with Gasteiger partial charge in [0.1, 0.15) is 11.4 Å². The van der Waals surface area contributed by atoms with Crippen LogP contribution in [0.1, 0.15) is 17.5 Å². The predicted octanol–water partition coefficient (Wildman–Crippen LogP) is 2.94. The number of methoxy groups -OCH3 is 2. The Bertz CT molecular complexity index is 1060. The Morgan fingerprint density at radius 2 is 1.61 bits per heavy atom. The molecule has 7 heteroatoms. The van der Waals surface area contributed by atoms with E-state index in [1.807, 2.05) is 24.3 Å². The van der Waals surface area contributed by atoms with Crippen LogP contribution < -0.4 is 9.64 Å². The van der Waals surface area contributed by atoms with Gasteiger partial charge in [-0.3, -0.25) is 14.5 Å². The second-order valence-corrected chi connectivity index (χ2v) is 8.35. The maximum Gasteiger partial charge on any atom is 0.277 e. The number of ether oxygens (including phenoxy) is 2. The molecule has 1 fully saturated rings. The van der Waals surface area contributed by atoms with Crippen LogP contribution in [0.4, 0.5) is 5.69 Å². The number of aryl methyl sites for hydroxylation is 1. The standard InChI is InChI=1S/C26H31N3O4/c1-19-8-6-9-20(18-19)27-13-15-28(16-14-27)24-23(21-10-4-5-11-22(21)33-3)25(30)29(26(24)31)12-7-17-32-2/h4-6,8-11,18H,7,12-17H2,1-3H3. The number of hydrogen-bond donors (Lipinski definition) is 0. The van der Waals surface area contributed by atoms with Crippen molar-refractivity contribution in [3.63, 3.8) is 0 Å². The number of rotatable bonds is 8. The van der Waals surface area contributed by atoms with E-state index in [2.05, 4.69) is 41.0 Å². The first-order valence-corrected chi connectivity index (χ1v) is 11.3. The number of anilines is 1. The molecule has 4 rings (SSSR count). The molecule has 0 spiro atoms. The van der Waals surface area contributed by atoms with E-state index in [9.17, 15) is 9.59 Å². The number of nitrogens with zero attached hydrogens (tertiary/aromatic N) is 3. The molecule has 0 aromatic heterocycles. The first-order chi connectivity index (χ1) is 16.0. The van der Waals surface area contributed by atoms with Gasteiger partial charge in [0.15, 0.2) is 0 Å². The van der Waals surface area contributed by atoms with Gasteiger partial charge in [-0.05, 0) is 37.1 Å². The summed E-state index contributed by atoms with van der Waals surface area (Å²) in [4.78, 5) is 32.7. The summed E-state index contributed by atoms with van der Waals surface area (Å²) in [6.45, 7) is 5.78. The molecular formula is C26H31N3O4. The number of para-hydroxylation sites is 1. The fourth-order valence-electron chi connectivity index (χ4n) is 4.53. The van der Waals surface area contributed by atoms with Crippen molar-refractivity contribution in [1.82, 2.24) is 9.80 Å². The van der Waals surface area contributed by atoms with Gasteiger partial charge in [-0.2, -0.15) is 0 Å². The zero-order chi connectivity index (χ0) is 23.4. The Labute approximate surface area is 195 Å². The van der Waals surface area contributed by atoms with Crippen LogP contribution in [-0.4, -0.2) is 75.2 Å². The van der Waals surface area contributed by atoms with E-state index in [4.69, 9.17) is 9.47 Å². The number of imide groups is 1. The van der Waals surface area contributed by atoms with Crippen molar-refractivity contribution < 1.29 is 19.1 Å². The minimum Gasteiger partial charge on any atom is -0.496 e. The molecule has 2 aliphatic rings. The van der Waals surface area contributed by atoms with E-state index >= 15 is 0 Å². The highest BCUT2D eigenvalue weighted by molar-refractivity contribution is 6.36. The summed E-state index contributed by atoms with van der Waals surface area (Å²) in [5.41, 5.74) is 3.97. The lowest BCUT2D eigenvalue weighted by molar-refractivity contribution is -0.137. The minimum absolute atomic E-state index is 0.235. The molecule has 0 aliphatic carbocycles. The van der Waals surface area contributed by atoms with Gasteiger partial charge in [0.05, 0.1) is 12.7 Å². The summed E-state index contributed by atoms with van der Waals surface area (Å²) < 4.78 is 10.7. The van der Waals surface area contributed by atoms with Gasteiger partial charge >= 0.3 is 0 Å². The number of benzene rings is 2. The molecule has 0 unspecified atom stereocenters. The zero-order valence-corrected chi connectivity index (χ0v) is 19.5. The molecule has 2 aromatic carbocycles. The lowest BCUT2D eigenvalue weighted by Gasteiger charge is -2.37. The van der Waals surface area contributed by atoms with E-state index < -0.39 is 0 Å². The molecule has 2 aliphatic heterocycles. The summed E-state index contributed by atoms with van der Waals surface area (Å²) in [7, 11) is 3.20. The second-order valence-electron chi connectivity index (χ2n) is 8.35. The molecule has 33 heavy (non-hydrogen) atoms. The van der Waals surface area contributed by atoms with E-state index in [0.717, 1.165) is 13.1 Å². The average Bonchev–Trinajstić information content (AvgIpc) is 3.09. The van der Waals surface area contributed by atoms with Gasteiger partial charge < -0.3 is 19.3 Å². The van der Waals surface area contributed by atoms with Crippen molar-refractivity contribution >= 4 is 23.1 Å². The lowest BCUT2D eigenvalue weighted by Crippen LogP contribution is -2.47. The monoisotopic (exact) mass is 449 g/mol. The van der Waals surface area contributed by atoms with Crippen molar-refractivity contribution in [2.75, 3.05) is 58.5 Å². The first kappa shape index (κ1) is 22.9. The molecule has 2 amide bonds. The van der Waals surface area contributed by atoms with Gasteiger partial charge in [-0.15, -0.1) is 0 Å². The van der Waals surface area contributed by atoms with Gasteiger partial charge in [0, 0.05) is 57.7 Å². The Hall–Kier alpha value is -3.32. The second kappa shape index (κ2) is 10.1. The maximum absolute atomic E-state index is 13.5. The molecule has 0 bridgehead atoms. The number of piperazine rings is 1. The van der Waals surface area contributed by atoms with Crippen molar-refractivity contribution in [2.45, 2.75) is 13.3 Å². The third-order valence-corrected chi connectivity index (χ3v) is 6.21. The third kappa shape index (κ3) is 4.59. The summed E-state index contributed by atoms with van der Waals surface area (Å²) in [5, 5.41) is 0. The van der Waals surface area contributed by atoms with Crippen LogP contribution in [-0.2, 0) is 14.3 Å². The van der Waals surface area contributed by atoms with Gasteiger partial charge in [-0.1, -0.05) is 30.3 Å². The lowest BCUT2D eigenvalue weighted by atomic mass is 10.0. The molecule has 174 valence electrons. The number of hydrogen-bond acceptors (Lipinski definition) is 6. The highest BCUT2D eigenvalue weighted by Gasteiger charge is 2.42. The minimum atomic E-state index is -0.267. The van der Waals surface area contributed by atoms with Crippen molar-refractivity contribution in [2.24, 2.45) is 0 Å². The van der Waals surface area contributed by atoms with E-state index in [0.29, 0.717) is 55.2 Å². The summed E-state index contributed by atoms with van der Waals surface area (Å²) in [6.07, 6.45) is 0.599. The molecule has 2 aromatic rings. The fourth-order valence-corrected chi connectivity index (χ4v) is 4.53. The van der Waals surface area contributed by atoms with Gasteiger partial charge in [0.25, 0.3) is 11.8 Å². The highest BCUT2D eigenvalue weighted by Crippen LogP contribution is 2.36. The smallest absolute Gasteiger partial charge is 0.277 e. The molecule has 0 radical (unpaired) electrons. The molecule has 0 saturated carbocycles. The number of amides is 2. The van der Waals surface area contributed by atoms with Crippen LogP contribution in [0, 0.1) is 6.92 Å². The third-order valence-electron chi connectivity index (χ3n) is 6.21. The van der Waals surface area contributed by atoms with Crippen molar-refractivity contribution in [1.29, 1.82) is 0 Å². The van der Waals surface area contributed by atoms with Gasteiger partial charge in [0.2, 0.25) is 0 Å². The normalized spacial score (nSPS) is 16.8. The zero-order valence-electron chi connectivity index (χ0n) is 19.5. The van der Waals surface area contributed by atoms with Crippen molar-refractivity contribution in [3.8, 4) is 5.75 Å². The average molecular weight is 450 g/mol. The molecule has 0 atom stereocenters. The Morgan fingerprint density at radius 1 is 0.879 bits per heavy atom. The molecular weight excluding hydrogens is 418 g/mol. The first-order valence-electron chi connectivity index (χ1n) is 11.3. The summed E-state index contributed by atoms with van der Waals surface area (Å²) in [6, 6.07) is 15.8. The molecule has 0 N–H and O–H groups in total. The highest BCUT2D eigenvalue weighted by atomic mass is 16.5. The number of carbonyl (C=O) groups is 2. The summed E-state index contributed by atoms with van der Waals surface area (Å²) in [5.74, 6) is 0.0843. The van der Waals surface area contributed by atoms with E-state index in [1.165, 1.54) is 16.2 Å². The molecule has 1 saturated heterocycles. The fraction of sp³-hybridized carbons (Fsp3) is 0.385. The largest absolute Gasteiger partial charge is 0.496 e. The van der Waals surface area contributed by atoms with Crippen LogP contribution in [0.25, 0.3) is 5.57 Å². The Balaban J connectivity index is 1.64. The van der Waals surface area contributed by atoms with Crippen LogP contribution in [0.3, 0.4) is 0 Å². The topological polar surface area (TPSA) is 62.3 Å². The SMILES string of the molecule is COCCCN1C(=O)C(c2ccccc2OC)=C(N2CCN(c3cccc(C)c3)CC2)C1=O. The Kier molecular flexibility index (Phi) is 6.99. The number of carbonyl (C=O) groups excluding carboxylic acids is 2. The van der Waals surface area contributed by atoms with Gasteiger partial charge in [-0.25, -0.2) is 0 Å². The van der Waals surface area contributed by atoms with Crippen LogP contribution in [0.15, 0.2) is 54.2 Å². The van der Waals surface area contributed by atoms with Crippen molar-refractivity contribution in [3.05, 3.63) is 65.4 Å².